The normalized spacial score (nSPS) is 10.5. The lowest BCUT2D eigenvalue weighted by Crippen LogP contribution is -2.00. The lowest BCUT2D eigenvalue weighted by Gasteiger charge is -2.10. The van der Waals surface area contributed by atoms with Crippen LogP contribution in [0.15, 0.2) is 30.3 Å². The minimum atomic E-state index is -0.434. The summed E-state index contributed by atoms with van der Waals surface area (Å²) in [4.78, 5) is 0. The van der Waals surface area contributed by atoms with Gasteiger partial charge in [0.05, 0.1) is 10.0 Å². The maximum atomic E-state index is 13.0. The standard InChI is InChI=1S/C13H10Cl2FNO2/c14-10-4-9(5-11(15)13(10)19)17-6-7-3-8(16)1-2-12(7)18/h1-5,17-19H,6H2. The molecule has 0 bridgehead atoms. The molecule has 0 amide bonds. The second-order valence-corrected chi connectivity index (χ2v) is 4.73. The van der Waals surface area contributed by atoms with Crippen molar-refractivity contribution >= 4 is 28.9 Å². The van der Waals surface area contributed by atoms with Gasteiger partial charge >= 0.3 is 0 Å². The van der Waals surface area contributed by atoms with E-state index >= 15 is 0 Å². The third-order valence-corrected chi connectivity index (χ3v) is 3.12. The number of aromatic hydroxyl groups is 2. The quantitative estimate of drug-likeness (QED) is 0.746. The highest BCUT2D eigenvalue weighted by atomic mass is 35.5. The first kappa shape index (κ1) is 13.8. The molecule has 0 heterocycles. The van der Waals surface area contributed by atoms with E-state index in [0.29, 0.717) is 11.3 Å². The van der Waals surface area contributed by atoms with Crippen LogP contribution in [0.1, 0.15) is 5.56 Å². The predicted molar refractivity (Wildman–Crippen MR) is 73.5 cm³/mol. The Hall–Kier alpha value is -1.65. The van der Waals surface area contributed by atoms with Gasteiger partial charge in [-0.1, -0.05) is 23.2 Å². The van der Waals surface area contributed by atoms with Crippen LogP contribution in [0.2, 0.25) is 10.0 Å². The maximum absolute atomic E-state index is 13.0. The molecule has 2 aromatic carbocycles. The number of phenolic OH excluding ortho intramolecular Hbond substituents is 2. The van der Waals surface area contributed by atoms with Crippen molar-refractivity contribution in [1.82, 2.24) is 0 Å². The van der Waals surface area contributed by atoms with E-state index in [1.165, 1.54) is 30.3 Å². The van der Waals surface area contributed by atoms with Gasteiger partial charge in [0.1, 0.15) is 11.6 Å². The van der Waals surface area contributed by atoms with Gasteiger partial charge in [0.25, 0.3) is 0 Å². The number of benzene rings is 2. The Morgan fingerprint density at radius 3 is 2.32 bits per heavy atom. The Labute approximate surface area is 119 Å². The first-order valence-electron chi connectivity index (χ1n) is 5.36. The Balaban J connectivity index is 2.17. The Kier molecular flexibility index (Phi) is 4.02. The monoisotopic (exact) mass is 301 g/mol. The van der Waals surface area contributed by atoms with Gasteiger partial charge in [-0.2, -0.15) is 0 Å². The summed E-state index contributed by atoms with van der Waals surface area (Å²) >= 11 is 11.5. The summed E-state index contributed by atoms with van der Waals surface area (Å²) in [6.45, 7) is 0.195. The summed E-state index contributed by atoms with van der Waals surface area (Å²) in [6.07, 6.45) is 0. The Morgan fingerprint density at radius 1 is 1.05 bits per heavy atom. The molecule has 100 valence electrons. The van der Waals surface area contributed by atoms with Crippen LogP contribution in [0.3, 0.4) is 0 Å². The van der Waals surface area contributed by atoms with Crippen LogP contribution in [-0.2, 0) is 6.54 Å². The molecule has 0 aliphatic rings. The van der Waals surface area contributed by atoms with Gasteiger partial charge in [-0.05, 0) is 30.3 Å². The van der Waals surface area contributed by atoms with Gasteiger partial charge in [0.15, 0.2) is 5.75 Å². The smallest absolute Gasteiger partial charge is 0.152 e. The van der Waals surface area contributed by atoms with Crippen molar-refractivity contribution in [1.29, 1.82) is 0 Å². The van der Waals surface area contributed by atoms with Crippen LogP contribution in [0.4, 0.5) is 10.1 Å². The van der Waals surface area contributed by atoms with Crippen molar-refractivity contribution < 1.29 is 14.6 Å². The van der Waals surface area contributed by atoms with Crippen molar-refractivity contribution in [2.45, 2.75) is 6.54 Å². The molecule has 19 heavy (non-hydrogen) atoms. The minimum Gasteiger partial charge on any atom is -0.508 e. The minimum absolute atomic E-state index is 0.00938. The Morgan fingerprint density at radius 2 is 1.68 bits per heavy atom. The maximum Gasteiger partial charge on any atom is 0.152 e. The van der Waals surface area contributed by atoms with Gasteiger partial charge in [-0.3, -0.25) is 0 Å². The molecular weight excluding hydrogens is 292 g/mol. The van der Waals surface area contributed by atoms with Crippen LogP contribution in [0.25, 0.3) is 0 Å². The number of hydrogen-bond acceptors (Lipinski definition) is 3. The molecule has 0 radical (unpaired) electrons. The molecular formula is C13H10Cl2FNO2. The van der Waals surface area contributed by atoms with E-state index in [-0.39, 0.29) is 28.1 Å². The molecule has 2 rings (SSSR count). The second kappa shape index (κ2) is 5.55. The molecule has 0 unspecified atom stereocenters. The van der Waals surface area contributed by atoms with E-state index in [9.17, 15) is 14.6 Å². The number of nitrogens with one attached hydrogen (secondary N) is 1. The topological polar surface area (TPSA) is 52.5 Å². The zero-order valence-electron chi connectivity index (χ0n) is 9.62. The zero-order chi connectivity index (χ0) is 14.0. The fourth-order valence-corrected chi connectivity index (χ4v) is 2.05. The lowest BCUT2D eigenvalue weighted by molar-refractivity contribution is 0.466. The summed E-state index contributed by atoms with van der Waals surface area (Å²) in [5.74, 6) is -0.635. The fraction of sp³-hybridized carbons (Fsp3) is 0.0769. The van der Waals surface area contributed by atoms with Crippen molar-refractivity contribution in [3.63, 3.8) is 0 Å². The number of hydrogen-bond donors (Lipinski definition) is 3. The summed E-state index contributed by atoms with van der Waals surface area (Å²) < 4.78 is 13.0. The second-order valence-electron chi connectivity index (χ2n) is 3.92. The van der Waals surface area contributed by atoms with Crippen molar-refractivity contribution in [2.24, 2.45) is 0 Å². The van der Waals surface area contributed by atoms with Gasteiger partial charge in [0.2, 0.25) is 0 Å². The van der Waals surface area contributed by atoms with Crippen molar-refractivity contribution in [3.8, 4) is 11.5 Å². The Bertz CT molecular complexity index is 597. The largest absolute Gasteiger partial charge is 0.508 e. The zero-order valence-corrected chi connectivity index (χ0v) is 11.1. The van der Waals surface area contributed by atoms with Gasteiger partial charge in [0, 0.05) is 17.8 Å². The van der Waals surface area contributed by atoms with Crippen LogP contribution >= 0.6 is 23.2 Å². The third-order valence-electron chi connectivity index (χ3n) is 2.54. The SMILES string of the molecule is Oc1ccc(F)cc1CNc1cc(Cl)c(O)c(Cl)c1. The lowest BCUT2D eigenvalue weighted by atomic mass is 10.2. The van der Waals surface area contributed by atoms with E-state index in [0.717, 1.165) is 0 Å². The molecule has 0 saturated heterocycles. The van der Waals surface area contributed by atoms with Crippen molar-refractivity contribution in [2.75, 3.05) is 5.32 Å². The molecule has 0 spiro atoms. The molecule has 0 fully saturated rings. The van der Waals surface area contributed by atoms with Gasteiger partial charge in [-0.15, -0.1) is 0 Å². The number of anilines is 1. The number of phenols is 2. The third kappa shape index (κ3) is 3.22. The molecule has 0 aliphatic carbocycles. The molecule has 0 aromatic heterocycles. The molecule has 6 heteroatoms. The number of halogens is 3. The summed E-state index contributed by atoms with van der Waals surface area (Å²) in [7, 11) is 0. The average molecular weight is 302 g/mol. The van der Waals surface area contributed by atoms with Crippen LogP contribution in [0.5, 0.6) is 11.5 Å². The van der Waals surface area contributed by atoms with Crippen molar-refractivity contribution in [3.05, 3.63) is 51.8 Å². The molecule has 0 saturated carbocycles. The van der Waals surface area contributed by atoms with E-state index in [1.54, 1.807) is 0 Å². The summed E-state index contributed by atoms with van der Waals surface area (Å²) in [5.41, 5.74) is 0.955. The molecule has 3 nitrogen and oxygen atoms in total. The van der Waals surface area contributed by atoms with Crippen LogP contribution in [0, 0.1) is 5.82 Å². The fourth-order valence-electron chi connectivity index (χ4n) is 1.56. The highest BCUT2D eigenvalue weighted by Crippen LogP contribution is 2.34. The van der Waals surface area contributed by atoms with E-state index in [1.807, 2.05) is 0 Å². The van der Waals surface area contributed by atoms with Gasteiger partial charge < -0.3 is 15.5 Å². The highest BCUT2D eigenvalue weighted by molar-refractivity contribution is 6.37. The molecule has 3 N–H and O–H groups in total. The predicted octanol–water partition coefficient (Wildman–Crippen LogP) is 4.16. The highest BCUT2D eigenvalue weighted by Gasteiger charge is 2.08. The number of rotatable bonds is 3. The molecule has 2 aromatic rings. The van der Waals surface area contributed by atoms with E-state index in [2.05, 4.69) is 5.32 Å². The summed E-state index contributed by atoms with van der Waals surface area (Å²) in [6, 6.07) is 6.65. The first-order valence-corrected chi connectivity index (χ1v) is 6.12. The van der Waals surface area contributed by atoms with E-state index < -0.39 is 5.82 Å². The van der Waals surface area contributed by atoms with Crippen LogP contribution < -0.4 is 5.32 Å². The van der Waals surface area contributed by atoms with E-state index in [4.69, 9.17) is 23.2 Å². The molecule has 0 aliphatic heterocycles. The van der Waals surface area contributed by atoms with Gasteiger partial charge in [-0.25, -0.2) is 4.39 Å². The van der Waals surface area contributed by atoms with Crippen LogP contribution in [-0.4, -0.2) is 10.2 Å². The first-order chi connectivity index (χ1) is 8.97. The average Bonchev–Trinajstić information content (AvgIpc) is 2.37. The molecule has 0 atom stereocenters. The summed E-state index contributed by atoms with van der Waals surface area (Å²) in [5, 5.41) is 22.1.